The van der Waals surface area contributed by atoms with Crippen molar-refractivity contribution in [3.8, 4) is 0 Å². The number of benzene rings is 2. The molecule has 20 heavy (non-hydrogen) atoms. The lowest BCUT2D eigenvalue weighted by Gasteiger charge is -2.12. The van der Waals surface area contributed by atoms with Gasteiger partial charge < -0.3 is 0 Å². The maximum absolute atomic E-state index is 12.4. The topological polar surface area (TPSA) is 46.2 Å². The van der Waals surface area contributed by atoms with Gasteiger partial charge in [-0.05, 0) is 37.6 Å². The van der Waals surface area contributed by atoms with Crippen LogP contribution in [0, 0.1) is 13.8 Å². The van der Waals surface area contributed by atoms with E-state index in [-0.39, 0.29) is 14.9 Å². The van der Waals surface area contributed by atoms with Crippen molar-refractivity contribution in [1.82, 2.24) is 0 Å². The van der Waals surface area contributed by atoms with Crippen molar-refractivity contribution in [2.24, 2.45) is 0 Å². The number of hydrogen-bond acceptors (Lipinski definition) is 2. The molecule has 0 radical (unpaired) electrons. The van der Waals surface area contributed by atoms with Gasteiger partial charge in [-0.15, -0.1) is 0 Å². The van der Waals surface area contributed by atoms with E-state index in [1.54, 1.807) is 18.2 Å². The van der Waals surface area contributed by atoms with Crippen LogP contribution in [-0.4, -0.2) is 8.42 Å². The molecule has 0 spiro atoms. The molecule has 0 unspecified atom stereocenters. The van der Waals surface area contributed by atoms with E-state index in [9.17, 15) is 8.42 Å². The summed E-state index contributed by atoms with van der Waals surface area (Å²) in [6.45, 7) is 3.78. The summed E-state index contributed by atoms with van der Waals surface area (Å²) in [6, 6.07) is 9.97. The van der Waals surface area contributed by atoms with Gasteiger partial charge in [0.25, 0.3) is 10.0 Å². The average Bonchev–Trinajstić information content (AvgIpc) is 2.36. The maximum Gasteiger partial charge on any atom is 0.263 e. The summed E-state index contributed by atoms with van der Waals surface area (Å²) in [5.74, 6) is 0. The summed E-state index contributed by atoms with van der Waals surface area (Å²) >= 11 is 11.8. The van der Waals surface area contributed by atoms with E-state index in [1.165, 1.54) is 6.07 Å². The molecule has 0 aliphatic rings. The minimum Gasteiger partial charge on any atom is -0.279 e. The van der Waals surface area contributed by atoms with E-state index in [0.29, 0.717) is 5.69 Å². The van der Waals surface area contributed by atoms with Crippen molar-refractivity contribution < 1.29 is 8.42 Å². The molecule has 1 N–H and O–H groups in total. The monoisotopic (exact) mass is 329 g/mol. The molecule has 0 aromatic heterocycles. The number of anilines is 1. The molecule has 2 aromatic rings. The lowest BCUT2D eigenvalue weighted by Crippen LogP contribution is -2.14. The number of halogens is 2. The summed E-state index contributed by atoms with van der Waals surface area (Å²) in [5.41, 5.74) is 2.42. The van der Waals surface area contributed by atoms with Crippen LogP contribution >= 0.6 is 23.2 Å². The molecule has 0 amide bonds. The van der Waals surface area contributed by atoms with Crippen LogP contribution in [0.1, 0.15) is 11.1 Å². The molecule has 2 rings (SSSR count). The van der Waals surface area contributed by atoms with Crippen molar-refractivity contribution >= 4 is 38.9 Å². The van der Waals surface area contributed by atoms with Crippen LogP contribution in [0.15, 0.2) is 41.3 Å². The van der Waals surface area contributed by atoms with E-state index < -0.39 is 10.0 Å². The molecule has 6 heteroatoms. The van der Waals surface area contributed by atoms with E-state index in [0.717, 1.165) is 11.1 Å². The van der Waals surface area contributed by atoms with Crippen molar-refractivity contribution in [2.45, 2.75) is 18.7 Å². The Morgan fingerprint density at radius 3 is 2.40 bits per heavy atom. The zero-order valence-corrected chi connectivity index (χ0v) is 13.3. The highest BCUT2D eigenvalue weighted by molar-refractivity contribution is 7.92. The molecule has 0 saturated carbocycles. The van der Waals surface area contributed by atoms with Gasteiger partial charge in [-0.25, -0.2) is 8.42 Å². The fourth-order valence-corrected chi connectivity index (χ4v) is 3.71. The minimum absolute atomic E-state index is 0.0198. The second-order valence-electron chi connectivity index (χ2n) is 4.48. The molecule has 3 nitrogen and oxygen atoms in total. The number of hydrogen-bond donors (Lipinski definition) is 1. The van der Waals surface area contributed by atoms with Gasteiger partial charge in [-0.1, -0.05) is 47.0 Å². The third-order valence-corrected chi connectivity index (χ3v) is 5.17. The van der Waals surface area contributed by atoms with Crippen LogP contribution in [0.25, 0.3) is 0 Å². The number of sulfonamides is 1. The normalized spacial score (nSPS) is 11.4. The molecule has 0 fully saturated rings. The quantitative estimate of drug-likeness (QED) is 0.906. The Morgan fingerprint density at radius 2 is 1.75 bits per heavy atom. The molecule has 0 aliphatic heterocycles. The predicted octanol–water partition coefficient (Wildman–Crippen LogP) is 4.41. The van der Waals surface area contributed by atoms with Crippen LogP contribution in [0.2, 0.25) is 10.0 Å². The van der Waals surface area contributed by atoms with Gasteiger partial charge >= 0.3 is 0 Å². The summed E-state index contributed by atoms with van der Waals surface area (Å²) in [7, 11) is -3.77. The number of aryl methyl sites for hydroxylation is 2. The second kappa shape index (κ2) is 5.64. The molecular formula is C14H13Cl2NO2S. The summed E-state index contributed by atoms with van der Waals surface area (Å²) in [6.07, 6.45) is 0. The fourth-order valence-electron chi connectivity index (χ4n) is 1.82. The van der Waals surface area contributed by atoms with Crippen molar-refractivity contribution in [1.29, 1.82) is 0 Å². The lowest BCUT2D eigenvalue weighted by atomic mass is 10.1. The Balaban J connectivity index is 2.44. The van der Waals surface area contributed by atoms with Gasteiger partial charge in [0.1, 0.15) is 4.90 Å². The second-order valence-corrected chi connectivity index (χ2v) is 6.91. The molecular weight excluding hydrogens is 317 g/mol. The Hall–Kier alpha value is -1.23. The van der Waals surface area contributed by atoms with E-state index in [4.69, 9.17) is 23.2 Å². The van der Waals surface area contributed by atoms with Crippen LogP contribution in [0.3, 0.4) is 0 Å². The van der Waals surface area contributed by atoms with Crippen molar-refractivity contribution in [2.75, 3.05) is 4.72 Å². The standard InChI is InChI=1S/C14H13Cl2NO2S/c1-9-6-7-12(10(2)8-9)17-20(18,19)13-5-3-4-11(15)14(13)16/h3-8,17H,1-2H3. The summed E-state index contributed by atoms with van der Waals surface area (Å²) in [4.78, 5) is -0.0355. The summed E-state index contributed by atoms with van der Waals surface area (Å²) in [5, 5.41) is 0.224. The third kappa shape index (κ3) is 3.08. The van der Waals surface area contributed by atoms with Gasteiger partial charge in [0.2, 0.25) is 0 Å². The van der Waals surface area contributed by atoms with Crippen LogP contribution in [0.5, 0.6) is 0 Å². The van der Waals surface area contributed by atoms with Gasteiger partial charge in [-0.3, -0.25) is 4.72 Å². The third-order valence-electron chi connectivity index (χ3n) is 2.83. The van der Waals surface area contributed by atoms with E-state index >= 15 is 0 Å². The van der Waals surface area contributed by atoms with Gasteiger partial charge in [0.05, 0.1) is 15.7 Å². The van der Waals surface area contributed by atoms with Crippen molar-refractivity contribution in [3.05, 3.63) is 57.6 Å². The van der Waals surface area contributed by atoms with Gasteiger partial charge in [-0.2, -0.15) is 0 Å². The highest BCUT2D eigenvalue weighted by atomic mass is 35.5. The number of rotatable bonds is 3. The number of nitrogens with one attached hydrogen (secondary N) is 1. The van der Waals surface area contributed by atoms with Crippen LogP contribution in [-0.2, 0) is 10.0 Å². The van der Waals surface area contributed by atoms with Gasteiger partial charge in [0, 0.05) is 0 Å². The van der Waals surface area contributed by atoms with E-state index in [2.05, 4.69) is 4.72 Å². The fraction of sp³-hybridized carbons (Fsp3) is 0.143. The van der Waals surface area contributed by atoms with Crippen molar-refractivity contribution in [3.63, 3.8) is 0 Å². The predicted molar refractivity (Wildman–Crippen MR) is 83.2 cm³/mol. The first kappa shape index (κ1) is 15.2. The SMILES string of the molecule is Cc1ccc(NS(=O)(=O)c2cccc(Cl)c2Cl)c(C)c1. The Labute approximate surface area is 128 Å². The minimum atomic E-state index is -3.77. The molecule has 0 bridgehead atoms. The molecule has 2 aromatic carbocycles. The molecule has 106 valence electrons. The highest BCUT2D eigenvalue weighted by Gasteiger charge is 2.20. The first-order chi connectivity index (χ1) is 9.31. The first-order valence-corrected chi connectivity index (χ1v) is 8.09. The smallest absolute Gasteiger partial charge is 0.263 e. The van der Waals surface area contributed by atoms with E-state index in [1.807, 2.05) is 26.0 Å². The van der Waals surface area contributed by atoms with Crippen LogP contribution < -0.4 is 4.72 Å². The summed E-state index contributed by atoms with van der Waals surface area (Å²) < 4.78 is 27.2. The zero-order valence-electron chi connectivity index (χ0n) is 10.9. The Kier molecular flexibility index (Phi) is 4.28. The highest BCUT2D eigenvalue weighted by Crippen LogP contribution is 2.30. The molecule has 0 aliphatic carbocycles. The first-order valence-electron chi connectivity index (χ1n) is 5.85. The Morgan fingerprint density at radius 1 is 1.05 bits per heavy atom. The lowest BCUT2D eigenvalue weighted by molar-refractivity contribution is 0.601. The molecule has 0 saturated heterocycles. The molecule has 0 heterocycles. The van der Waals surface area contributed by atoms with Crippen LogP contribution in [0.4, 0.5) is 5.69 Å². The largest absolute Gasteiger partial charge is 0.279 e. The molecule has 0 atom stereocenters. The average molecular weight is 330 g/mol. The Bertz CT molecular complexity index is 758. The zero-order chi connectivity index (χ0) is 14.9. The van der Waals surface area contributed by atoms with Gasteiger partial charge in [0.15, 0.2) is 0 Å². The maximum atomic E-state index is 12.4.